The van der Waals surface area contributed by atoms with Gasteiger partial charge in [0.2, 0.25) is 6.19 Å². The van der Waals surface area contributed by atoms with Gasteiger partial charge in [-0.25, -0.2) is 0 Å². The fourth-order valence-electron chi connectivity index (χ4n) is 6.40. The molecule has 0 N–H and O–H groups in total. The number of alkyl halides is 6. The zero-order valence-electron chi connectivity index (χ0n) is 23.3. The topological polar surface area (TPSA) is 52.9 Å². The van der Waals surface area contributed by atoms with E-state index in [1.165, 1.54) is 24.3 Å². The third-order valence-electron chi connectivity index (χ3n) is 8.19. The van der Waals surface area contributed by atoms with Crippen molar-refractivity contribution >= 4 is 43.1 Å². The first-order valence-electron chi connectivity index (χ1n) is 13.7. The third-order valence-corrected chi connectivity index (χ3v) is 8.19. The molecular formula is C36H16F6N4. The summed E-state index contributed by atoms with van der Waals surface area (Å²) >= 11 is 0. The molecule has 0 aromatic heterocycles. The van der Waals surface area contributed by atoms with Crippen LogP contribution in [0.3, 0.4) is 0 Å². The van der Waals surface area contributed by atoms with Crippen molar-refractivity contribution in [2.24, 2.45) is 10.1 Å². The van der Waals surface area contributed by atoms with Gasteiger partial charge in [-0.3, -0.25) is 0 Å². The third kappa shape index (κ3) is 4.30. The molecule has 0 radical (unpaired) electrons. The largest absolute Gasteiger partial charge is 0.416 e. The quantitative estimate of drug-likeness (QED) is 0.0824. The average Bonchev–Trinajstić information content (AvgIpc) is 3.53. The summed E-state index contributed by atoms with van der Waals surface area (Å²) in [5.41, 5.74) is -0.00676. The minimum atomic E-state index is -4.58. The molecule has 0 aliphatic carbocycles. The molecule has 0 spiro atoms. The summed E-state index contributed by atoms with van der Waals surface area (Å²) in [6.45, 7) is 7.63. The molecule has 7 aromatic carbocycles. The second kappa shape index (κ2) is 10.3. The van der Waals surface area contributed by atoms with Crippen LogP contribution in [0.25, 0.3) is 70.3 Å². The minimum absolute atomic E-state index is 0.270. The highest BCUT2D eigenvalue weighted by atomic mass is 19.4. The van der Waals surface area contributed by atoms with Crippen molar-refractivity contribution in [3.63, 3.8) is 0 Å². The second-order valence-corrected chi connectivity index (χ2v) is 10.6. The van der Waals surface area contributed by atoms with Crippen LogP contribution in [0.1, 0.15) is 11.1 Å². The van der Waals surface area contributed by atoms with Gasteiger partial charge in [0.15, 0.2) is 5.36 Å². The van der Waals surface area contributed by atoms with Crippen molar-refractivity contribution in [2.75, 3.05) is 0 Å². The first-order chi connectivity index (χ1) is 22.0. The van der Waals surface area contributed by atoms with Crippen molar-refractivity contribution in [1.29, 1.82) is 5.26 Å². The van der Waals surface area contributed by atoms with Crippen LogP contribution in [0.5, 0.6) is 0 Å². The molecule has 46 heavy (non-hydrogen) atoms. The SMILES string of the molecule is [C-]#[N+]N=c1c2ccccc2c2c(-c3ccc(C(F)(F)F)cc3)c3c(=NC#N)c4ccccc4c3c(-c3ccc(C(F)(F)F)cc3)c12. The molecule has 7 aromatic rings. The van der Waals surface area contributed by atoms with Gasteiger partial charge in [0.05, 0.1) is 21.6 Å². The van der Waals surface area contributed by atoms with Crippen LogP contribution in [0.15, 0.2) is 107 Å². The van der Waals surface area contributed by atoms with E-state index in [-0.39, 0.29) is 10.7 Å². The maximum absolute atomic E-state index is 13.6. The highest BCUT2D eigenvalue weighted by Crippen LogP contribution is 2.48. The second-order valence-electron chi connectivity index (χ2n) is 10.6. The minimum Gasteiger partial charge on any atom is -0.181 e. The Bertz CT molecular complexity index is 2370. The molecule has 7 rings (SSSR count). The van der Waals surface area contributed by atoms with E-state index in [9.17, 15) is 31.6 Å². The van der Waals surface area contributed by atoms with Crippen LogP contribution < -0.4 is 10.7 Å². The Morgan fingerprint density at radius 3 is 1.33 bits per heavy atom. The summed E-state index contributed by atoms with van der Waals surface area (Å²) in [6, 6.07) is 23.4. The molecule has 0 unspecified atom stereocenters. The Balaban J connectivity index is 1.82. The maximum Gasteiger partial charge on any atom is 0.416 e. The van der Waals surface area contributed by atoms with Crippen molar-refractivity contribution in [3.05, 3.63) is 130 Å². The lowest BCUT2D eigenvalue weighted by Crippen LogP contribution is -2.06. The molecule has 0 heterocycles. The van der Waals surface area contributed by atoms with Crippen molar-refractivity contribution in [1.82, 2.24) is 0 Å². The fraction of sp³-hybridized carbons (Fsp3) is 0.0556. The van der Waals surface area contributed by atoms with E-state index in [0.29, 0.717) is 65.3 Å². The maximum atomic E-state index is 13.6. The van der Waals surface area contributed by atoms with E-state index in [1.807, 2.05) is 6.19 Å². The van der Waals surface area contributed by atoms with E-state index < -0.39 is 23.5 Å². The zero-order valence-corrected chi connectivity index (χ0v) is 23.3. The molecular weight excluding hydrogens is 602 g/mol. The van der Waals surface area contributed by atoms with E-state index >= 15 is 0 Å². The first-order valence-corrected chi connectivity index (χ1v) is 13.7. The Labute approximate surface area is 255 Å². The van der Waals surface area contributed by atoms with E-state index in [1.54, 1.807) is 48.5 Å². The van der Waals surface area contributed by atoms with Gasteiger partial charge >= 0.3 is 12.4 Å². The van der Waals surface area contributed by atoms with Crippen LogP contribution >= 0.6 is 0 Å². The monoisotopic (exact) mass is 618 g/mol. The molecule has 0 amide bonds. The number of rotatable bonds is 2. The first kappa shape index (κ1) is 28.8. The molecule has 0 saturated carbocycles. The van der Waals surface area contributed by atoms with E-state index in [0.717, 1.165) is 24.3 Å². The number of nitrogens with zero attached hydrogens (tertiary/aromatic N) is 4. The molecule has 222 valence electrons. The Morgan fingerprint density at radius 2 is 0.935 bits per heavy atom. The van der Waals surface area contributed by atoms with Crippen molar-refractivity contribution in [3.8, 4) is 28.4 Å². The van der Waals surface area contributed by atoms with Gasteiger partial charge in [0.1, 0.15) is 0 Å². The van der Waals surface area contributed by atoms with Crippen molar-refractivity contribution in [2.45, 2.75) is 12.4 Å². The molecule has 0 fully saturated rings. The fourth-order valence-corrected chi connectivity index (χ4v) is 6.40. The van der Waals surface area contributed by atoms with Gasteiger partial charge in [-0.1, -0.05) is 72.8 Å². The molecule has 0 aliphatic heterocycles. The standard InChI is InChI=1S/C36H16F6N4/c1-44-46-34-26-9-5-3-7-24(26)30-27(19-10-14-21(15-11-19)35(37,38)39)31-29(23-6-2-4-8-25(23)33(31)45-18-43)28(32(30)34)20-12-16-22(17-13-20)36(40,41)42/h2-17H. The molecule has 0 atom stereocenters. The molecule has 10 heteroatoms. The highest BCUT2D eigenvalue weighted by molar-refractivity contribution is 6.34. The molecule has 0 aliphatic rings. The number of hydrogen-bond donors (Lipinski definition) is 0. The predicted octanol–water partition coefficient (Wildman–Crippen LogP) is 9.66. The lowest BCUT2D eigenvalue weighted by molar-refractivity contribution is -0.138. The highest BCUT2D eigenvalue weighted by Gasteiger charge is 2.32. The van der Waals surface area contributed by atoms with Gasteiger partial charge in [0, 0.05) is 43.4 Å². The number of fused-ring (bicyclic) bond motifs is 6. The van der Waals surface area contributed by atoms with Crippen molar-refractivity contribution < 1.29 is 26.3 Å². The lowest BCUT2D eigenvalue weighted by Gasteiger charge is -2.15. The Hall–Kier alpha value is -6.00. The predicted molar refractivity (Wildman–Crippen MR) is 163 cm³/mol. The van der Waals surface area contributed by atoms with Gasteiger partial charge in [0.25, 0.3) is 0 Å². The Morgan fingerprint density at radius 1 is 0.543 bits per heavy atom. The van der Waals surface area contributed by atoms with E-state index in [2.05, 4.69) is 15.0 Å². The summed E-state index contributed by atoms with van der Waals surface area (Å²) in [5, 5.41) is 18.8. The lowest BCUT2D eigenvalue weighted by atomic mass is 9.87. The van der Waals surface area contributed by atoms with Gasteiger partial charge in [-0.2, -0.15) is 43.2 Å². The summed E-state index contributed by atoms with van der Waals surface area (Å²) in [6.07, 6.45) is -7.32. The zero-order chi connectivity index (χ0) is 32.4. The van der Waals surface area contributed by atoms with Crippen LogP contribution in [0.2, 0.25) is 0 Å². The normalized spacial score (nSPS) is 13.2. The molecule has 0 saturated heterocycles. The summed E-state index contributed by atoms with van der Waals surface area (Å²) in [4.78, 5) is 7.50. The smallest absolute Gasteiger partial charge is 0.181 e. The van der Waals surface area contributed by atoms with Crippen LogP contribution in [-0.2, 0) is 12.4 Å². The number of nitriles is 1. The average molecular weight is 619 g/mol. The Kier molecular flexibility index (Phi) is 6.43. The summed E-state index contributed by atoms with van der Waals surface area (Å²) < 4.78 is 81.7. The number of halogens is 6. The number of benzene rings is 5. The van der Waals surface area contributed by atoms with Gasteiger partial charge in [-0.05, 0) is 46.2 Å². The van der Waals surface area contributed by atoms with Crippen LogP contribution in [-0.4, -0.2) is 0 Å². The van der Waals surface area contributed by atoms with Crippen LogP contribution in [0.4, 0.5) is 26.3 Å². The van der Waals surface area contributed by atoms with Crippen LogP contribution in [0, 0.1) is 18.0 Å². The molecule has 4 nitrogen and oxygen atoms in total. The molecule has 0 bridgehead atoms. The number of hydrogen-bond acceptors (Lipinski definition) is 3. The summed E-state index contributed by atoms with van der Waals surface area (Å²) in [7, 11) is 0. The van der Waals surface area contributed by atoms with Gasteiger partial charge in [-0.15, -0.1) is 4.95 Å². The summed E-state index contributed by atoms with van der Waals surface area (Å²) in [5.74, 6) is 0. The van der Waals surface area contributed by atoms with E-state index in [4.69, 9.17) is 6.57 Å². The van der Waals surface area contributed by atoms with Gasteiger partial charge < -0.3 is 0 Å².